The largest absolute Gasteiger partial charge is 0.504 e. The molecule has 0 unspecified atom stereocenters. The molecule has 90 valence electrons. The summed E-state index contributed by atoms with van der Waals surface area (Å²) in [5, 5.41) is 13.8. The maximum atomic E-state index is 13.6. The second-order valence-corrected chi connectivity index (χ2v) is 3.56. The summed E-state index contributed by atoms with van der Waals surface area (Å²) >= 11 is 0. The van der Waals surface area contributed by atoms with Crippen molar-refractivity contribution in [3.63, 3.8) is 0 Å². The minimum atomic E-state index is -0.811. The highest BCUT2D eigenvalue weighted by molar-refractivity contribution is 5.70. The molecular weight excluding hydrogens is 225 g/mol. The van der Waals surface area contributed by atoms with Crippen LogP contribution in [-0.2, 0) is 7.05 Å². The normalized spacial score (nSPS) is 10.5. The van der Waals surface area contributed by atoms with E-state index in [2.05, 4.69) is 5.10 Å². The number of ether oxygens (including phenoxy) is 1. The molecule has 0 atom stereocenters. The number of phenolic OH excluding ortho intramolecular Hbond substituents is 1. The number of phenols is 1. The first-order valence-corrected chi connectivity index (χ1v) is 4.90. The third-order valence-electron chi connectivity index (χ3n) is 2.49. The van der Waals surface area contributed by atoms with Gasteiger partial charge in [0.1, 0.15) is 5.82 Å². The van der Waals surface area contributed by atoms with E-state index in [1.165, 1.54) is 23.9 Å². The standard InChI is InChI=1S/C11H12FN3O2/c1-15-9(13)5-7(14-15)6-3-4-8(17-2)10(12)11(6)16/h3-5,16H,13H2,1-2H3. The second kappa shape index (κ2) is 3.97. The topological polar surface area (TPSA) is 73.3 Å². The number of benzene rings is 1. The molecule has 0 aliphatic heterocycles. The van der Waals surface area contributed by atoms with Crippen LogP contribution >= 0.6 is 0 Å². The summed E-state index contributed by atoms with van der Waals surface area (Å²) in [5.41, 5.74) is 6.30. The van der Waals surface area contributed by atoms with Crippen molar-refractivity contribution in [2.24, 2.45) is 7.05 Å². The van der Waals surface area contributed by atoms with Crippen molar-refractivity contribution in [1.29, 1.82) is 0 Å². The smallest absolute Gasteiger partial charge is 0.207 e. The van der Waals surface area contributed by atoms with E-state index in [0.717, 1.165) is 0 Å². The Bertz CT molecular complexity index is 547. The van der Waals surface area contributed by atoms with Crippen LogP contribution in [0.15, 0.2) is 18.2 Å². The number of nitrogens with two attached hydrogens (primary N) is 1. The SMILES string of the molecule is COc1ccc(-c2cc(N)n(C)n2)c(O)c1F. The summed E-state index contributed by atoms with van der Waals surface area (Å²) in [4.78, 5) is 0. The van der Waals surface area contributed by atoms with E-state index in [-0.39, 0.29) is 11.3 Å². The number of hydrogen-bond acceptors (Lipinski definition) is 4. The molecule has 0 aliphatic rings. The van der Waals surface area contributed by atoms with Crippen LogP contribution in [0.3, 0.4) is 0 Å². The zero-order valence-electron chi connectivity index (χ0n) is 9.44. The Morgan fingerprint density at radius 3 is 2.71 bits per heavy atom. The third-order valence-corrected chi connectivity index (χ3v) is 2.49. The summed E-state index contributed by atoms with van der Waals surface area (Å²) < 4.78 is 19.8. The molecule has 0 saturated carbocycles. The number of nitrogen functional groups attached to an aromatic ring is 1. The molecule has 0 amide bonds. The lowest BCUT2D eigenvalue weighted by atomic mass is 10.1. The van der Waals surface area contributed by atoms with Gasteiger partial charge in [-0.05, 0) is 12.1 Å². The van der Waals surface area contributed by atoms with Gasteiger partial charge in [0.05, 0.1) is 12.8 Å². The number of methoxy groups -OCH3 is 1. The highest BCUT2D eigenvalue weighted by Gasteiger charge is 2.16. The fourth-order valence-electron chi connectivity index (χ4n) is 1.52. The molecule has 1 aromatic heterocycles. The van der Waals surface area contributed by atoms with Crippen molar-refractivity contribution in [1.82, 2.24) is 9.78 Å². The highest BCUT2D eigenvalue weighted by atomic mass is 19.1. The van der Waals surface area contributed by atoms with Gasteiger partial charge in [0.2, 0.25) is 5.82 Å². The van der Waals surface area contributed by atoms with E-state index in [1.54, 1.807) is 13.1 Å². The molecule has 0 saturated heterocycles. The summed E-state index contributed by atoms with van der Waals surface area (Å²) in [6.45, 7) is 0. The number of rotatable bonds is 2. The molecule has 0 fully saturated rings. The van der Waals surface area contributed by atoms with Crippen LogP contribution in [0.1, 0.15) is 0 Å². The number of anilines is 1. The minimum absolute atomic E-state index is 0.0184. The van der Waals surface area contributed by atoms with Crippen LogP contribution in [0.25, 0.3) is 11.3 Å². The average molecular weight is 237 g/mol. The van der Waals surface area contributed by atoms with Gasteiger partial charge in [-0.1, -0.05) is 0 Å². The van der Waals surface area contributed by atoms with Crippen LogP contribution in [0.4, 0.5) is 10.2 Å². The number of nitrogens with zero attached hydrogens (tertiary/aromatic N) is 2. The summed E-state index contributed by atoms with van der Waals surface area (Å²) in [7, 11) is 2.99. The predicted molar refractivity (Wildman–Crippen MR) is 61.2 cm³/mol. The monoisotopic (exact) mass is 237 g/mol. The van der Waals surface area contributed by atoms with E-state index in [4.69, 9.17) is 10.5 Å². The molecule has 1 aromatic carbocycles. The van der Waals surface area contributed by atoms with Crippen LogP contribution < -0.4 is 10.5 Å². The molecule has 5 nitrogen and oxygen atoms in total. The third kappa shape index (κ3) is 1.77. The van der Waals surface area contributed by atoms with E-state index >= 15 is 0 Å². The Morgan fingerprint density at radius 2 is 2.18 bits per heavy atom. The number of halogens is 1. The fourth-order valence-corrected chi connectivity index (χ4v) is 1.52. The molecule has 3 N–H and O–H groups in total. The van der Waals surface area contributed by atoms with Crippen LogP contribution in [0, 0.1) is 5.82 Å². The van der Waals surface area contributed by atoms with E-state index < -0.39 is 11.6 Å². The first-order valence-electron chi connectivity index (χ1n) is 4.90. The van der Waals surface area contributed by atoms with E-state index in [9.17, 15) is 9.50 Å². The Kier molecular flexibility index (Phi) is 2.63. The second-order valence-electron chi connectivity index (χ2n) is 3.56. The van der Waals surface area contributed by atoms with Crippen molar-refractivity contribution in [3.8, 4) is 22.8 Å². The number of aromatic hydroxyl groups is 1. The van der Waals surface area contributed by atoms with E-state index in [1.807, 2.05) is 0 Å². The van der Waals surface area contributed by atoms with Gasteiger partial charge in [0.25, 0.3) is 0 Å². The van der Waals surface area contributed by atoms with Crippen molar-refractivity contribution in [2.75, 3.05) is 12.8 Å². The lowest BCUT2D eigenvalue weighted by Crippen LogP contribution is -1.96. The van der Waals surface area contributed by atoms with Gasteiger partial charge in [-0.2, -0.15) is 9.49 Å². The van der Waals surface area contributed by atoms with Gasteiger partial charge in [-0.15, -0.1) is 0 Å². The van der Waals surface area contributed by atoms with Gasteiger partial charge in [0.15, 0.2) is 11.5 Å². The highest BCUT2D eigenvalue weighted by Crippen LogP contribution is 2.35. The average Bonchev–Trinajstić information content (AvgIpc) is 2.63. The van der Waals surface area contributed by atoms with E-state index in [0.29, 0.717) is 11.5 Å². The van der Waals surface area contributed by atoms with Crippen molar-refractivity contribution < 1.29 is 14.2 Å². The summed E-state index contributed by atoms with van der Waals surface area (Å²) in [5.74, 6) is -0.901. The van der Waals surface area contributed by atoms with Crippen molar-refractivity contribution in [2.45, 2.75) is 0 Å². The van der Waals surface area contributed by atoms with Gasteiger partial charge >= 0.3 is 0 Å². The molecule has 2 aromatic rings. The van der Waals surface area contributed by atoms with Crippen molar-refractivity contribution >= 4 is 5.82 Å². The molecule has 0 aliphatic carbocycles. The number of aryl methyl sites for hydroxylation is 1. The molecule has 6 heteroatoms. The Labute approximate surface area is 97.2 Å². The molecule has 17 heavy (non-hydrogen) atoms. The number of hydrogen-bond donors (Lipinski definition) is 2. The quantitative estimate of drug-likeness (QED) is 0.830. The van der Waals surface area contributed by atoms with Gasteiger partial charge in [-0.25, -0.2) is 0 Å². The zero-order valence-corrected chi connectivity index (χ0v) is 9.44. The van der Waals surface area contributed by atoms with Gasteiger partial charge < -0.3 is 15.6 Å². The maximum absolute atomic E-state index is 13.6. The lowest BCUT2D eigenvalue weighted by molar-refractivity contribution is 0.365. The first kappa shape index (κ1) is 11.3. The fraction of sp³-hybridized carbons (Fsp3) is 0.182. The zero-order chi connectivity index (χ0) is 12.6. The molecule has 0 bridgehead atoms. The molecule has 0 radical (unpaired) electrons. The minimum Gasteiger partial charge on any atom is -0.504 e. The first-order chi connectivity index (χ1) is 8.04. The summed E-state index contributed by atoms with van der Waals surface area (Å²) in [6, 6.07) is 4.51. The van der Waals surface area contributed by atoms with Gasteiger partial charge in [-0.3, -0.25) is 4.68 Å². The molecule has 1 heterocycles. The Balaban J connectivity index is 2.57. The number of aromatic nitrogens is 2. The van der Waals surface area contributed by atoms with Crippen molar-refractivity contribution in [3.05, 3.63) is 24.0 Å². The Morgan fingerprint density at radius 1 is 1.47 bits per heavy atom. The lowest BCUT2D eigenvalue weighted by Gasteiger charge is -2.06. The van der Waals surface area contributed by atoms with Crippen LogP contribution in [0.2, 0.25) is 0 Å². The maximum Gasteiger partial charge on any atom is 0.207 e. The van der Waals surface area contributed by atoms with Gasteiger partial charge in [0, 0.05) is 18.7 Å². The van der Waals surface area contributed by atoms with Crippen LogP contribution in [0.5, 0.6) is 11.5 Å². The molecular formula is C11H12FN3O2. The predicted octanol–water partition coefficient (Wildman–Crippen LogP) is 1.52. The Hall–Kier alpha value is -2.24. The van der Waals surface area contributed by atoms with Crippen LogP contribution in [-0.4, -0.2) is 22.0 Å². The summed E-state index contributed by atoms with van der Waals surface area (Å²) in [6.07, 6.45) is 0. The molecule has 0 spiro atoms. The molecule has 2 rings (SSSR count).